The summed E-state index contributed by atoms with van der Waals surface area (Å²) < 4.78 is 9.69. The highest BCUT2D eigenvalue weighted by molar-refractivity contribution is 6.37. The summed E-state index contributed by atoms with van der Waals surface area (Å²) in [5, 5.41) is 5.05. The van der Waals surface area contributed by atoms with Crippen molar-refractivity contribution in [3.05, 3.63) is 251 Å². The van der Waals surface area contributed by atoms with Gasteiger partial charge >= 0.3 is 0 Å². The summed E-state index contributed by atoms with van der Waals surface area (Å²) in [6.07, 6.45) is 0. The molecule has 0 fully saturated rings. The summed E-state index contributed by atoms with van der Waals surface area (Å²) in [7, 11) is 0. The Kier molecular flexibility index (Phi) is 14.5. The molecule has 2 aromatic heterocycles. The van der Waals surface area contributed by atoms with Gasteiger partial charge in [-0.05, 0) is 164 Å². The van der Waals surface area contributed by atoms with Crippen molar-refractivity contribution in [3.63, 3.8) is 0 Å². The first kappa shape index (κ1) is 57.9. The molecule has 0 saturated heterocycles. The SMILES string of the molecule is CC(C)(C)c1ccc(N(c2ccc(C(C)(C)C)cc2)c2cccc(N(c3ccc(C(C)(C)C)cc3)c3cc(C(C)(C)C)cc(N(c4ccc(C(C)(C)C)cc4)c4ccc(-n5c6ccccc6c6ccccc65)c5c4oc4ccccc45)c3Cl)c2)cc1. The predicted octanol–water partition coefficient (Wildman–Crippen LogP) is 24.2. The van der Waals surface area contributed by atoms with E-state index in [-0.39, 0.29) is 27.1 Å². The van der Waals surface area contributed by atoms with Crippen molar-refractivity contribution in [3.8, 4) is 5.69 Å². The summed E-state index contributed by atoms with van der Waals surface area (Å²) >= 11 is 8.47. The van der Waals surface area contributed by atoms with Crippen LogP contribution in [0.1, 0.15) is 132 Å². The minimum atomic E-state index is -0.316. The van der Waals surface area contributed by atoms with Gasteiger partial charge in [0.05, 0.1) is 44.2 Å². The summed E-state index contributed by atoms with van der Waals surface area (Å²) in [6, 6.07) is 80.2. The molecule has 5 nitrogen and oxygen atoms in total. The van der Waals surface area contributed by atoms with E-state index >= 15 is 0 Å². The van der Waals surface area contributed by atoms with Crippen LogP contribution < -0.4 is 14.7 Å². The van der Waals surface area contributed by atoms with Crippen molar-refractivity contribution in [1.29, 1.82) is 0 Å². The van der Waals surface area contributed by atoms with Crippen LogP contribution in [0.4, 0.5) is 51.2 Å². The molecule has 0 bridgehead atoms. The minimum absolute atomic E-state index is 0.000818. The van der Waals surface area contributed by atoms with E-state index in [0.717, 1.165) is 95.4 Å². The molecule has 0 aliphatic carbocycles. The topological polar surface area (TPSA) is 27.8 Å². The van der Waals surface area contributed by atoms with Crippen LogP contribution >= 0.6 is 11.6 Å². The largest absolute Gasteiger partial charge is 0.454 e. The number of nitrogens with zero attached hydrogens (tertiary/aromatic N) is 4. The van der Waals surface area contributed by atoms with Crippen LogP contribution in [-0.4, -0.2) is 4.57 Å². The van der Waals surface area contributed by atoms with Crippen LogP contribution in [-0.2, 0) is 27.1 Å². The van der Waals surface area contributed by atoms with Gasteiger partial charge in [-0.25, -0.2) is 0 Å². The Morgan fingerprint density at radius 3 is 1.13 bits per heavy atom. The molecule has 10 aromatic carbocycles. The fraction of sp³-hybridized carbons (Fsp3) is 0.250. The molecular formula is C80H81ClN4O. The molecule has 0 saturated carbocycles. The third kappa shape index (κ3) is 10.7. The van der Waals surface area contributed by atoms with Gasteiger partial charge in [-0.1, -0.05) is 225 Å². The van der Waals surface area contributed by atoms with Crippen molar-refractivity contribution in [2.45, 2.75) is 131 Å². The number of fused-ring (bicyclic) bond motifs is 6. The van der Waals surface area contributed by atoms with Gasteiger partial charge < -0.3 is 23.7 Å². The zero-order valence-corrected chi connectivity index (χ0v) is 53.6. The van der Waals surface area contributed by atoms with Gasteiger partial charge in [0.1, 0.15) is 5.58 Å². The Morgan fingerprint density at radius 2 is 0.686 bits per heavy atom. The zero-order chi connectivity index (χ0) is 60.8. The lowest BCUT2D eigenvalue weighted by atomic mass is 9.85. The normalized spacial score (nSPS) is 12.7. The van der Waals surface area contributed by atoms with E-state index in [1.54, 1.807) is 0 Å². The third-order valence-corrected chi connectivity index (χ3v) is 17.6. The number of benzene rings is 10. The molecule has 0 aliphatic rings. The molecule has 0 spiro atoms. The Labute approximate surface area is 515 Å². The standard InChI is InChI=1S/C80H81ClN4O/c1-76(2,3)52-31-39-57(40-32-52)82(58-41-33-53(34-42-58)77(4,5)6)61-23-22-24-62(51-61)83(59-43-35-54(36-44-59)78(7,8)9)70-49-56(80(13,14)15)50-71(74(70)81)84(60-45-37-55(38-46-60)79(10,11)12)69-48-47-68(73-65-27-18-21-30-72(65)86-75(69)73)85-66-28-19-16-25-63(66)64-26-17-20-29-67(64)85/h16-51H,1-15H3. The lowest BCUT2D eigenvalue weighted by Gasteiger charge is -2.34. The van der Waals surface area contributed by atoms with Crippen LogP contribution in [0.5, 0.6) is 0 Å². The van der Waals surface area contributed by atoms with Crippen molar-refractivity contribution < 1.29 is 4.42 Å². The minimum Gasteiger partial charge on any atom is -0.454 e. The van der Waals surface area contributed by atoms with Crippen molar-refractivity contribution in [1.82, 2.24) is 4.57 Å². The molecule has 86 heavy (non-hydrogen) atoms. The average molecular weight is 1150 g/mol. The molecule has 0 unspecified atom stereocenters. The van der Waals surface area contributed by atoms with Gasteiger partial charge in [0.25, 0.3) is 0 Å². The van der Waals surface area contributed by atoms with Gasteiger partial charge in [0.15, 0.2) is 5.58 Å². The molecule has 0 atom stereocenters. The molecule has 0 radical (unpaired) electrons. The van der Waals surface area contributed by atoms with Crippen LogP contribution in [0.2, 0.25) is 5.02 Å². The molecular weight excluding hydrogens is 1070 g/mol. The van der Waals surface area contributed by atoms with E-state index in [9.17, 15) is 0 Å². The molecule has 12 rings (SSSR count). The van der Waals surface area contributed by atoms with E-state index in [0.29, 0.717) is 5.02 Å². The number of hydrogen-bond donors (Lipinski definition) is 0. The summed E-state index contributed by atoms with van der Waals surface area (Å²) in [5.41, 5.74) is 19.2. The quantitative estimate of drug-likeness (QED) is 0.136. The number of anilines is 9. The molecule has 434 valence electrons. The van der Waals surface area contributed by atoms with Gasteiger partial charge in [-0.15, -0.1) is 0 Å². The van der Waals surface area contributed by atoms with Crippen molar-refractivity contribution in [2.24, 2.45) is 0 Å². The second kappa shape index (κ2) is 21.5. The van der Waals surface area contributed by atoms with Crippen molar-refractivity contribution in [2.75, 3.05) is 14.7 Å². The van der Waals surface area contributed by atoms with Gasteiger partial charge in [-0.2, -0.15) is 0 Å². The maximum Gasteiger partial charge on any atom is 0.161 e. The maximum absolute atomic E-state index is 8.47. The fourth-order valence-electron chi connectivity index (χ4n) is 12.2. The predicted molar refractivity (Wildman–Crippen MR) is 371 cm³/mol. The molecule has 12 aromatic rings. The number of hydrogen-bond acceptors (Lipinski definition) is 4. The van der Waals surface area contributed by atoms with E-state index in [4.69, 9.17) is 16.0 Å². The Hall–Kier alpha value is -8.51. The lowest BCUT2D eigenvalue weighted by molar-refractivity contribution is 0.589. The number of furan rings is 1. The lowest BCUT2D eigenvalue weighted by Crippen LogP contribution is -2.19. The second-order valence-corrected chi connectivity index (χ2v) is 28.9. The highest BCUT2D eigenvalue weighted by atomic mass is 35.5. The van der Waals surface area contributed by atoms with Gasteiger partial charge in [0, 0.05) is 50.3 Å². The first-order valence-corrected chi connectivity index (χ1v) is 30.8. The van der Waals surface area contributed by atoms with E-state index < -0.39 is 0 Å². The Bertz CT molecular complexity index is 4360. The van der Waals surface area contributed by atoms with Crippen molar-refractivity contribution >= 4 is 107 Å². The van der Waals surface area contributed by atoms with Crippen LogP contribution in [0, 0.1) is 0 Å². The first-order valence-electron chi connectivity index (χ1n) is 30.4. The van der Waals surface area contributed by atoms with E-state index in [1.807, 2.05) is 0 Å². The molecule has 0 amide bonds. The van der Waals surface area contributed by atoms with E-state index in [2.05, 4.69) is 342 Å². The third-order valence-electron chi connectivity index (χ3n) is 17.2. The maximum atomic E-state index is 8.47. The first-order chi connectivity index (χ1) is 40.7. The van der Waals surface area contributed by atoms with Crippen LogP contribution in [0.15, 0.2) is 223 Å². The number of halogens is 1. The smallest absolute Gasteiger partial charge is 0.161 e. The van der Waals surface area contributed by atoms with Gasteiger partial charge in [0.2, 0.25) is 0 Å². The number of rotatable bonds is 10. The highest BCUT2D eigenvalue weighted by Gasteiger charge is 2.31. The van der Waals surface area contributed by atoms with Crippen LogP contribution in [0.3, 0.4) is 0 Å². The fourth-order valence-corrected chi connectivity index (χ4v) is 12.5. The number of aromatic nitrogens is 1. The molecule has 6 heteroatoms. The zero-order valence-electron chi connectivity index (χ0n) is 52.9. The second-order valence-electron chi connectivity index (χ2n) is 28.6. The monoisotopic (exact) mass is 1150 g/mol. The summed E-state index contributed by atoms with van der Waals surface area (Å²) in [6.45, 7) is 34.1. The Balaban J connectivity index is 1.13. The van der Waals surface area contributed by atoms with Gasteiger partial charge in [-0.3, -0.25) is 0 Å². The summed E-state index contributed by atoms with van der Waals surface area (Å²) in [4.78, 5) is 7.09. The highest BCUT2D eigenvalue weighted by Crippen LogP contribution is 2.53. The average Bonchev–Trinajstić information content (AvgIpc) is 1.58. The number of para-hydroxylation sites is 3. The van der Waals surface area contributed by atoms with E-state index in [1.165, 1.54) is 33.0 Å². The molecule has 0 N–H and O–H groups in total. The summed E-state index contributed by atoms with van der Waals surface area (Å²) in [5.74, 6) is 0. The van der Waals surface area contributed by atoms with Crippen LogP contribution in [0.25, 0.3) is 49.4 Å². The Morgan fingerprint density at radius 1 is 0.314 bits per heavy atom. The molecule has 0 aliphatic heterocycles. The molecule has 2 heterocycles.